The Morgan fingerprint density at radius 2 is 2.20 bits per heavy atom. The lowest BCUT2D eigenvalue weighted by molar-refractivity contribution is 0.0836. The molecule has 1 heterocycles. The second-order valence-electron chi connectivity index (χ2n) is 3.96. The van der Waals surface area contributed by atoms with E-state index in [1.54, 1.807) is 4.90 Å². The van der Waals surface area contributed by atoms with Crippen LogP contribution < -0.4 is 5.32 Å². The van der Waals surface area contributed by atoms with Gasteiger partial charge in [0.1, 0.15) is 0 Å². The lowest BCUT2D eigenvalue weighted by atomic mass is 10.1. The molecule has 0 bridgehead atoms. The molecule has 1 N–H and O–H groups in total. The van der Waals surface area contributed by atoms with Gasteiger partial charge in [-0.3, -0.25) is 0 Å². The maximum Gasteiger partial charge on any atom is 0.317 e. The van der Waals surface area contributed by atoms with Crippen LogP contribution in [0.4, 0.5) is 4.79 Å². The van der Waals surface area contributed by atoms with E-state index in [0.717, 1.165) is 32.5 Å². The molecule has 2 unspecified atom stereocenters. The largest absolute Gasteiger partial charge is 0.376 e. The van der Waals surface area contributed by atoms with E-state index in [0.29, 0.717) is 0 Å². The highest BCUT2D eigenvalue weighted by Crippen LogP contribution is 2.15. The molecule has 0 aromatic heterocycles. The van der Waals surface area contributed by atoms with Crippen LogP contribution in [0.2, 0.25) is 0 Å². The number of hydrogen-bond donors (Lipinski definition) is 1. The summed E-state index contributed by atoms with van der Waals surface area (Å²) in [5.41, 5.74) is 0. The van der Waals surface area contributed by atoms with Crippen LogP contribution in [0.25, 0.3) is 0 Å². The van der Waals surface area contributed by atoms with Crippen molar-refractivity contribution in [1.29, 1.82) is 0 Å². The average Bonchev–Trinajstić information content (AvgIpc) is 2.72. The van der Waals surface area contributed by atoms with Crippen molar-refractivity contribution in [2.45, 2.75) is 45.8 Å². The minimum Gasteiger partial charge on any atom is -0.376 e. The van der Waals surface area contributed by atoms with Gasteiger partial charge in [-0.05, 0) is 33.6 Å². The van der Waals surface area contributed by atoms with E-state index in [1.165, 1.54) is 0 Å². The van der Waals surface area contributed by atoms with Gasteiger partial charge < -0.3 is 15.0 Å². The lowest BCUT2D eigenvalue weighted by Crippen LogP contribution is -2.47. The number of carbonyl (C=O) groups is 1. The molecule has 0 aliphatic carbocycles. The van der Waals surface area contributed by atoms with Crippen molar-refractivity contribution in [2.24, 2.45) is 0 Å². The number of rotatable bonds is 4. The third-order valence-corrected chi connectivity index (χ3v) is 2.92. The van der Waals surface area contributed by atoms with Crippen LogP contribution in [0.5, 0.6) is 0 Å². The summed E-state index contributed by atoms with van der Waals surface area (Å²) in [7, 11) is 0. The average molecular weight is 214 g/mol. The van der Waals surface area contributed by atoms with Gasteiger partial charge >= 0.3 is 6.03 Å². The van der Waals surface area contributed by atoms with Crippen LogP contribution in [0.1, 0.15) is 33.6 Å². The summed E-state index contributed by atoms with van der Waals surface area (Å²) in [6.45, 7) is 8.31. The van der Waals surface area contributed by atoms with E-state index in [1.807, 2.05) is 20.8 Å². The van der Waals surface area contributed by atoms with Gasteiger partial charge in [0, 0.05) is 19.7 Å². The molecule has 0 aromatic carbocycles. The molecule has 2 atom stereocenters. The van der Waals surface area contributed by atoms with Crippen molar-refractivity contribution in [3.05, 3.63) is 0 Å². The molecule has 2 amide bonds. The highest BCUT2D eigenvalue weighted by atomic mass is 16.5. The number of nitrogens with zero attached hydrogens (tertiary/aromatic N) is 1. The highest BCUT2D eigenvalue weighted by Gasteiger charge is 2.24. The number of urea groups is 1. The van der Waals surface area contributed by atoms with Crippen LogP contribution in [0.15, 0.2) is 0 Å². The fraction of sp³-hybridized carbons (Fsp3) is 0.909. The second-order valence-corrected chi connectivity index (χ2v) is 3.96. The summed E-state index contributed by atoms with van der Waals surface area (Å²) in [5.74, 6) is 0. The summed E-state index contributed by atoms with van der Waals surface area (Å²) >= 11 is 0. The van der Waals surface area contributed by atoms with Crippen molar-refractivity contribution < 1.29 is 9.53 Å². The number of hydrogen-bond acceptors (Lipinski definition) is 2. The highest BCUT2D eigenvalue weighted by molar-refractivity contribution is 5.74. The van der Waals surface area contributed by atoms with Gasteiger partial charge in [-0.25, -0.2) is 4.79 Å². The second kappa shape index (κ2) is 5.95. The van der Waals surface area contributed by atoms with Crippen molar-refractivity contribution in [3.8, 4) is 0 Å². The third kappa shape index (κ3) is 3.38. The standard InChI is InChI=1S/C11H22N2O2/c1-4-13(5-2)11(14)12-9(3)10-7-6-8-15-10/h9-10H,4-8H2,1-3H3,(H,12,14). The predicted molar refractivity (Wildman–Crippen MR) is 59.9 cm³/mol. The zero-order valence-electron chi connectivity index (χ0n) is 9.95. The number of ether oxygens (including phenoxy) is 1. The van der Waals surface area contributed by atoms with E-state index in [4.69, 9.17) is 4.74 Å². The van der Waals surface area contributed by atoms with Gasteiger partial charge in [-0.1, -0.05) is 0 Å². The van der Waals surface area contributed by atoms with Crippen molar-refractivity contribution in [2.75, 3.05) is 19.7 Å². The summed E-state index contributed by atoms with van der Waals surface area (Å²) in [5, 5.41) is 2.99. The Balaban J connectivity index is 2.35. The molecule has 0 saturated carbocycles. The molecule has 88 valence electrons. The minimum atomic E-state index is 0.0167. The zero-order valence-corrected chi connectivity index (χ0v) is 9.95. The molecular formula is C11H22N2O2. The molecule has 0 radical (unpaired) electrons. The molecule has 0 aromatic rings. The summed E-state index contributed by atoms with van der Waals surface area (Å²) < 4.78 is 5.53. The smallest absolute Gasteiger partial charge is 0.317 e. The van der Waals surface area contributed by atoms with E-state index in [2.05, 4.69) is 5.32 Å². The fourth-order valence-corrected chi connectivity index (χ4v) is 1.89. The Morgan fingerprint density at radius 1 is 1.53 bits per heavy atom. The van der Waals surface area contributed by atoms with E-state index in [9.17, 15) is 4.79 Å². The number of nitrogens with one attached hydrogen (secondary N) is 1. The summed E-state index contributed by atoms with van der Waals surface area (Å²) in [4.78, 5) is 13.5. The first-order valence-corrected chi connectivity index (χ1v) is 5.86. The van der Waals surface area contributed by atoms with Crippen LogP contribution in [-0.2, 0) is 4.74 Å². The number of amides is 2. The molecule has 4 heteroatoms. The fourth-order valence-electron chi connectivity index (χ4n) is 1.89. The third-order valence-electron chi connectivity index (χ3n) is 2.92. The predicted octanol–water partition coefficient (Wildman–Crippen LogP) is 1.61. The monoisotopic (exact) mass is 214 g/mol. The minimum absolute atomic E-state index is 0.0167. The van der Waals surface area contributed by atoms with Gasteiger partial charge in [-0.2, -0.15) is 0 Å². The van der Waals surface area contributed by atoms with Gasteiger partial charge in [0.15, 0.2) is 0 Å². The van der Waals surface area contributed by atoms with Crippen molar-refractivity contribution >= 4 is 6.03 Å². The molecule has 1 rings (SSSR count). The molecular weight excluding hydrogens is 192 g/mol. The van der Waals surface area contributed by atoms with Gasteiger partial charge in [0.25, 0.3) is 0 Å². The Labute approximate surface area is 92.0 Å². The van der Waals surface area contributed by atoms with Crippen molar-refractivity contribution in [3.63, 3.8) is 0 Å². The Morgan fingerprint density at radius 3 is 2.67 bits per heavy atom. The van der Waals surface area contributed by atoms with Crippen LogP contribution in [-0.4, -0.2) is 42.8 Å². The van der Waals surface area contributed by atoms with E-state index in [-0.39, 0.29) is 18.2 Å². The molecule has 0 spiro atoms. The first-order chi connectivity index (χ1) is 7.19. The van der Waals surface area contributed by atoms with Crippen LogP contribution >= 0.6 is 0 Å². The lowest BCUT2D eigenvalue weighted by Gasteiger charge is -2.25. The molecule has 15 heavy (non-hydrogen) atoms. The van der Waals surface area contributed by atoms with E-state index < -0.39 is 0 Å². The molecule has 1 aliphatic rings. The van der Waals surface area contributed by atoms with E-state index >= 15 is 0 Å². The molecule has 4 nitrogen and oxygen atoms in total. The van der Waals surface area contributed by atoms with Crippen LogP contribution in [0, 0.1) is 0 Å². The number of carbonyl (C=O) groups excluding carboxylic acids is 1. The molecule has 1 saturated heterocycles. The van der Waals surface area contributed by atoms with Crippen LogP contribution in [0.3, 0.4) is 0 Å². The summed E-state index contributed by atoms with van der Waals surface area (Å²) in [6.07, 6.45) is 2.36. The van der Waals surface area contributed by atoms with Crippen molar-refractivity contribution in [1.82, 2.24) is 10.2 Å². The summed E-state index contributed by atoms with van der Waals surface area (Å²) in [6, 6.07) is 0.128. The Kier molecular flexibility index (Phi) is 4.88. The van der Waals surface area contributed by atoms with Gasteiger partial charge in [0.2, 0.25) is 0 Å². The topological polar surface area (TPSA) is 41.6 Å². The normalized spacial score (nSPS) is 22.5. The zero-order chi connectivity index (χ0) is 11.3. The van der Waals surface area contributed by atoms with Gasteiger partial charge in [-0.15, -0.1) is 0 Å². The maximum absolute atomic E-state index is 11.7. The maximum atomic E-state index is 11.7. The molecule has 1 fully saturated rings. The SMILES string of the molecule is CCN(CC)C(=O)NC(C)C1CCCO1. The van der Waals surface area contributed by atoms with Gasteiger partial charge in [0.05, 0.1) is 12.1 Å². The first kappa shape index (κ1) is 12.3. The Hall–Kier alpha value is -0.770. The Bertz CT molecular complexity index is 199. The first-order valence-electron chi connectivity index (χ1n) is 5.86. The molecule has 1 aliphatic heterocycles. The quantitative estimate of drug-likeness (QED) is 0.772.